The van der Waals surface area contributed by atoms with Crippen LogP contribution in [0.5, 0.6) is 0 Å². The van der Waals surface area contributed by atoms with Crippen LogP contribution in [0, 0.1) is 5.92 Å². The Kier molecular flexibility index (Phi) is 9.81. The highest BCUT2D eigenvalue weighted by Crippen LogP contribution is 2.16. The maximum absolute atomic E-state index is 5.41. The van der Waals surface area contributed by atoms with Crippen molar-refractivity contribution in [3.05, 3.63) is 35.4 Å². The van der Waals surface area contributed by atoms with Gasteiger partial charge in [0.1, 0.15) is 0 Å². The highest BCUT2D eigenvalue weighted by molar-refractivity contribution is 14.0. The minimum atomic E-state index is 0. The third-order valence-corrected chi connectivity index (χ3v) is 5.18. The third kappa shape index (κ3) is 6.89. The number of nitrogens with one attached hydrogen (secondary N) is 1. The summed E-state index contributed by atoms with van der Waals surface area (Å²) in [5.74, 6) is 1.60. The molecule has 3 rings (SSSR count). The molecular formula is C20H33IN4O2. The first-order chi connectivity index (χ1) is 12.8. The van der Waals surface area contributed by atoms with Crippen LogP contribution in [0.2, 0.25) is 0 Å². The van der Waals surface area contributed by atoms with E-state index in [2.05, 4.69) is 44.4 Å². The van der Waals surface area contributed by atoms with Crippen molar-refractivity contribution in [3.63, 3.8) is 0 Å². The van der Waals surface area contributed by atoms with Gasteiger partial charge in [-0.05, 0) is 17.5 Å². The summed E-state index contributed by atoms with van der Waals surface area (Å²) in [6, 6.07) is 8.90. The molecule has 1 unspecified atom stereocenters. The minimum absolute atomic E-state index is 0. The fourth-order valence-electron chi connectivity index (χ4n) is 3.69. The van der Waals surface area contributed by atoms with Gasteiger partial charge in [-0.25, -0.2) is 0 Å². The van der Waals surface area contributed by atoms with Crippen molar-refractivity contribution >= 4 is 29.9 Å². The van der Waals surface area contributed by atoms with Crippen LogP contribution in [0.25, 0.3) is 0 Å². The van der Waals surface area contributed by atoms with E-state index in [1.807, 2.05) is 7.05 Å². The molecule has 2 fully saturated rings. The Labute approximate surface area is 180 Å². The lowest BCUT2D eigenvalue weighted by Crippen LogP contribution is -2.39. The molecule has 2 saturated heterocycles. The molecule has 0 saturated carbocycles. The SMILES string of the molecule is CN=C(NCc1ccc(CN2CCOCC2)cc1)N1CCC(COC)C1.I. The summed E-state index contributed by atoms with van der Waals surface area (Å²) < 4.78 is 10.7. The van der Waals surface area contributed by atoms with Gasteiger partial charge in [-0.3, -0.25) is 9.89 Å². The monoisotopic (exact) mass is 488 g/mol. The highest BCUT2D eigenvalue weighted by atomic mass is 127. The normalized spacial score (nSPS) is 21.2. The largest absolute Gasteiger partial charge is 0.384 e. The van der Waals surface area contributed by atoms with Crippen molar-refractivity contribution in [1.29, 1.82) is 0 Å². The lowest BCUT2D eigenvalue weighted by Gasteiger charge is -2.26. The zero-order chi connectivity index (χ0) is 18.2. The highest BCUT2D eigenvalue weighted by Gasteiger charge is 2.24. The molecule has 1 aromatic rings. The number of guanidine groups is 1. The molecule has 0 spiro atoms. The van der Waals surface area contributed by atoms with Crippen molar-refractivity contribution < 1.29 is 9.47 Å². The fraction of sp³-hybridized carbons (Fsp3) is 0.650. The zero-order valence-corrected chi connectivity index (χ0v) is 18.9. The van der Waals surface area contributed by atoms with E-state index in [1.165, 1.54) is 17.5 Å². The summed E-state index contributed by atoms with van der Waals surface area (Å²) in [6.45, 7) is 8.46. The van der Waals surface area contributed by atoms with Crippen LogP contribution in [0.15, 0.2) is 29.3 Å². The molecule has 0 aliphatic carbocycles. The smallest absolute Gasteiger partial charge is 0.193 e. The van der Waals surface area contributed by atoms with Gasteiger partial charge in [-0.1, -0.05) is 24.3 Å². The summed E-state index contributed by atoms with van der Waals surface area (Å²) in [5, 5.41) is 3.50. The van der Waals surface area contributed by atoms with E-state index in [-0.39, 0.29) is 24.0 Å². The van der Waals surface area contributed by atoms with E-state index in [0.717, 1.165) is 65.0 Å². The molecule has 0 aromatic heterocycles. The van der Waals surface area contributed by atoms with Gasteiger partial charge in [0.2, 0.25) is 0 Å². The van der Waals surface area contributed by atoms with Crippen LogP contribution in [-0.2, 0) is 22.6 Å². The number of benzene rings is 1. The van der Waals surface area contributed by atoms with Crippen molar-refractivity contribution in [2.45, 2.75) is 19.5 Å². The van der Waals surface area contributed by atoms with E-state index in [9.17, 15) is 0 Å². The number of halogens is 1. The average Bonchev–Trinajstić information content (AvgIpc) is 3.13. The van der Waals surface area contributed by atoms with Crippen LogP contribution in [0.1, 0.15) is 17.5 Å². The van der Waals surface area contributed by atoms with Gasteiger partial charge in [0.25, 0.3) is 0 Å². The zero-order valence-electron chi connectivity index (χ0n) is 16.5. The first-order valence-electron chi connectivity index (χ1n) is 9.61. The van der Waals surface area contributed by atoms with Gasteiger partial charge in [-0.2, -0.15) is 0 Å². The standard InChI is InChI=1S/C20H32N4O2.HI/c1-21-20(24-8-7-19(15-24)16-25-2)22-13-17-3-5-18(6-4-17)14-23-9-11-26-12-10-23;/h3-6,19H,7-16H2,1-2H3,(H,21,22);1H. The molecule has 27 heavy (non-hydrogen) atoms. The Balaban J connectivity index is 0.00000261. The number of likely N-dealkylation sites (tertiary alicyclic amines) is 1. The molecule has 1 N–H and O–H groups in total. The Bertz CT molecular complexity index is 576. The van der Waals surface area contributed by atoms with Crippen LogP contribution in [0.4, 0.5) is 0 Å². The summed E-state index contributed by atoms with van der Waals surface area (Å²) >= 11 is 0. The second kappa shape index (κ2) is 11.8. The predicted octanol–water partition coefficient (Wildman–Crippen LogP) is 2.18. The van der Waals surface area contributed by atoms with Gasteiger partial charge < -0.3 is 19.7 Å². The van der Waals surface area contributed by atoms with Crippen molar-refractivity contribution in [2.24, 2.45) is 10.9 Å². The number of methoxy groups -OCH3 is 1. The molecule has 152 valence electrons. The number of ether oxygens (including phenoxy) is 2. The fourth-order valence-corrected chi connectivity index (χ4v) is 3.69. The molecular weight excluding hydrogens is 455 g/mol. The van der Waals surface area contributed by atoms with Crippen molar-refractivity contribution in [3.8, 4) is 0 Å². The van der Waals surface area contributed by atoms with Gasteiger partial charge in [0, 0.05) is 59.3 Å². The maximum atomic E-state index is 5.41. The van der Waals surface area contributed by atoms with Gasteiger partial charge in [0.05, 0.1) is 19.8 Å². The summed E-state index contributed by atoms with van der Waals surface area (Å²) in [6.07, 6.45) is 1.17. The molecule has 2 heterocycles. The number of nitrogens with zero attached hydrogens (tertiary/aromatic N) is 3. The van der Waals surface area contributed by atoms with Crippen molar-refractivity contribution in [1.82, 2.24) is 15.1 Å². The summed E-state index contributed by atoms with van der Waals surface area (Å²) in [7, 11) is 3.63. The Morgan fingerprint density at radius 3 is 2.56 bits per heavy atom. The van der Waals surface area contributed by atoms with Crippen LogP contribution >= 0.6 is 24.0 Å². The molecule has 6 nitrogen and oxygen atoms in total. The maximum Gasteiger partial charge on any atom is 0.193 e. The van der Waals surface area contributed by atoms with Gasteiger partial charge in [-0.15, -0.1) is 24.0 Å². The molecule has 1 atom stereocenters. The van der Waals surface area contributed by atoms with Crippen LogP contribution in [0.3, 0.4) is 0 Å². The van der Waals surface area contributed by atoms with E-state index in [0.29, 0.717) is 5.92 Å². The number of morpholine rings is 1. The quantitative estimate of drug-likeness (QED) is 0.378. The summed E-state index contributed by atoms with van der Waals surface area (Å²) in [4.78, 5) is 9.22. The van der Waals surface area contributed by atoms with E-state index in [4.69, 9.17) is 9.47 Å². The topological polar surface area (TPSA) is 49.3 Å². The average molecular weight is 488 g/mol. The Hall–Kier alpha value is -0.900. The Morgan fingerprint density at radius 2 is 1.89 bits per heavy atom. The number of hydrogen-bond acceptors (Lipinski definition) is 4. The first-order valence-corrected chi connectivity index (χ1v) is 9.61. The van der Waals surface area contributed by atoms with E-state index in [1.54, 1.807) is 7.11 Å². The van der Waals surface area contributed by atoms with E-state index >= 15 is 0 Å². The molecule has 1 aromatic carbocycles. The second-order valence-corrected chi connectivity index (χ2v) is 7.16. The van der Waals surface area contributed by atoms with Crippen LogP contribution < -0.4 is 5.32 Å². The number of rotatable bonds is 6. The lowest BCUT2D eigenvalue weighted by atomic mass is 10.1. The number of hydrogen-bond donors (Lipinski definition) is 1. The molecule has 2 aliphatic rings. The minimum Gasteiger partial charge on any atom is -0.384 e. The molecule has 0 amide bonds. The summed E-state index contributed by atoms with van der Waals surface area (Å²) in [5.41, 5.74) is 2.64. The first kappa shape index (κ1) is 22.4. The van der Waals surface area contributed by atoms with Crippen molar-refractivity contribution in [2.75, 3.05) is 60.2 Å². The third-order valence-electron chi connectivity index (χ3n) is 5.18. The molecule has 0 radical (unpaired) electrons. The molecule has 7 heteroatoms. The molecule has 2 aliphatic heterocycles. The lowest BCUT2D eigenvalue weighted by molar-refractivity contribution is 0.0342. The second-order valence-electron chi connectivity index (χ2n) is 7.16. The number of aliphatic imine (C=N–C) groups is 1. The Morgan fingerprint density at radius 1 is 1.19 bits per heavy atom. The van der Waals surface area contributed by atoms with E-state index < -0.39 is 0 Å². The molecule has 0 bridgehead atoms. The van der Waals surface area contributed by atoms with Crippen LogP contribution in [-0.4, -0.2) is 75.9 Å². The predicted molar refractivity (Wildman–Crippen MR) is 120 cm³/mol. The van der Waals surface area contributed by atoms with Gasteiger partial charge in [0.15, 0.2) is 5.96 Å². The van der Waals surface area contributed by atoms with Gasteiger partial charge >= 0.3 is 0 Å².